The molecular weight excluding hydrogens is 446 g/mol. The summed E-state index contributed by atoms with van der Waals surface area (Å²) in [6.07, 6.45) is 0.942. The molecule has 1 fully saturated rings. The Morgan fingerprint density at radius 2 is 1.97 bits per heavy atom. The lowest BCUT2D eigenvalue weighted by molar-refractivity contribution is 0.0733. The maximum atomic E-state index is 14.8. The molecular formula is C25H24F2N2O5. The van der Waals surface area contributed by atoms with Crippen LogP contribution in [0.5, 0.6) is 5.75 Å². The van der Waals surface area contributed by atoms with Gasteiger partial charge in [-0.1, -0.05) is 24.0 Å². The predicted molar refractivity (Wildman–Crippen MR) is 119 cm³/mol. The fourth-order valence-electron chi connectivity index (χ4n) is 3.66. The summed E-state index contributed by atoms with van der Waals surface area (Å²) in [6, 6.07) is 7.70. The van der Waals surface area contributed by atoms with Crippen molar-refractivity contribution < 1.29 is 33.6 Å². The van der Waals surface area contributed by atoms with Gasteiger partial charge in [0.2, 0.25) is 0 Å². The van der Waals surface area contributed by atoms with Gasteiger partial charge in [-0.3, -0.25) is 0 Å². The average Bonchev–Trinajstić information content (AvgIpc) is 3.46. The third kappa shape index (κ3) is 5.11. The van der Waals surface area contributed by atoms with Crippen LogP contribution in [0.25, 0.3) is 11.1 Å². The Kier molecular flexibility index (Phi) is 7.24. The molecule has 7 nitrogen and oxygen atoms in total. The van der Waals surface area contributed by atoms with Gasteiger partial charge in [0.15, 0.2) is 0 Å². The molecule has 0 aliphatic carbocycles. The van der Waals surface area contributed by atoms with E-state index in [1.165, 1.54) is 17.7 Å². The smallest absolute Gasteiger partial charge is 0.150 e. The van der Waals surface area contributed by atoms with Crippen LogP contribution >= 0.6 is 0 Å². The summed E-state index contributed by atoms with van der Waals surface area (Å²) in [4.78, 5) is 4.03. The first kappa shape index (κ1) is 23.9. The minimum Gasteiger partial charge on any atom is -0.485 e. The number of halogens is 2. The molecule has 1 aromatic heterocycles. The standard InChI is InChI=1S/C25H24F2N2O5/c1-15(31)25-28-8-9-29(25)18(12-30)5-2-17-10-22(27)20(11-21(17)26)16-3-6-19(7-4-16)34-24-14-33-13-23(24)32/h3-4,6-11,15,18,23-24,30-32H,12-14H2,1H3. The number of imidazole rings is 1. The van der Waals surface area contributed by atoms with Crippen molar-refractivity contribution in [2.24, 2.45) is 0 Å². The van der Waals surface area contributed by atoms with Gasteiger partial charge in [0.1, 0.15) is 47.6 Å². The lowest BCUT2D eigenvalue weighted by Gasteiger charge is -2.15. The van der Waals surface area contributed by atoms with Crippen molar-refractivity contribution in [1.29, 1.82) is 0 Å². The highest BCUT2D eigenvalue weighted by Crippen LogP contribution is 2.28. The number of benzene rings is 2. The minimum absolute atomic E-state index is 0.0588. The van der Waals surface area contributed by atoms with Gasteiger partial charge in [-0.2, -0.15) is 0 Å². The van der Waals surface area contributed by atoms with Crippen LogP contribution in [0.4, 0.5) is 8.78 Å². The van der Waals surface area contributed by atoms with Crippen LogP contribution in [0.2, 0.25) is 0 Å². The topological polar surface area (TPSA) is 97.0 Å². The number of hydrogen-bond acceptors (Lipinski definition) is 6. The zero-order valence-electron chi connectivity index (χ0n) is 18.4. The van der Waals surface area contributed by atoms with E-state index in [0.717, 1.165) is 12.1 Å². The van der Waals surface area contributed by atoms with Gasteiger partial charge >= 0.3 is 0 Å². The molecule has 0 bridgehead atoms. The maximum Gasteiger partial charge on any atom is 0.150 e. The molecule has 1 aliphatic rings. The van der Waals surface area contributed by atoms with Crippen molar-refractivity contribution in [3.05, 3.63) is 71.8 Å². The molecule has 0 amide bonds. The summed E-state index contributed by atoms with van der Waals surface area (Å²) >= 11 is 0. The average molecular weight is 470 g/mol. The Morgan fingerprint density at radius 3 is 2.62 bits per heavy atom. The molecule has 2 heterocycles. The van der Waals surface area contributed by atoms with Crippen LogP contribution < -0.4 is 4.74 Å². The van der Waals surface area contributed by atoms with Crippen LogP contribution in [-0.2, 0) is 4.74 Å². The van der Waals surface area contributed by atoms with Crippen molar-refractivity contribution >= 4 is 0 Å². The molecule has 4 atom stereocenters. The summed E-state index contributed by atoms with van der Waals surface area (Å²) in [5, 5.41) is 29.3. The fraction of sp³-hybridized carbons (Fsp3) is 0.320. The minimum atomic E-state index is -0.882. The number of nitrogens with zero attached hydrogens (tertiary/aromatic N) is 2. The monoisotopic (exact) mass is 470 g/mol. The molecule has 178 valence electrons. The van der Waals surface area contributed by atoms with Gasteiger partial charge in [-0.25, -0.2) is 13.8 Å². The second-order valence-corrected chi connectivity index (χ2v) is 7.93. The lowest BCUT2D eigenvalue weighted by Crippen LogP contribution is -2.29. The quantitative estimate of drug-likeness (QED) is 0.480. The zero-order chi connectivity index (χ0) is 24.2. The van der Waals surface area contributed by atoms with Crippen LogP contribution in [0.15, 0.2) is 48.8 Å². The Hall–Kier alpha value is -3.29. The molecule has 4 unspecified atom stereocenters. The van der Waals surface area contributed by atoms with Crippen LogP contribution in [0.1, 0.15) is 30.5 Å². The van der Waals surface area contributed by atoms with Gasteiger partial charge < -0.3 is 29.4 Å². The Bertz CT molecular complexity index is 1200. The third-order valence-electron chi connectivity index (χ3n) is 5.46. The van der Waals surface area contributed by atoms with E-state index in [9.17, 15) is 24.1 Å². The Labute approximate surface area is 195 Å². The molecule has 1 saturated heterocycles. The maximum absolute atomic E-state index is 14.8. The van der Waals surface area contributed by atoms with Gasteiger partial charge in [0.25, 0.3) is 0 Å². The number of aliphatic hydroxyl groups excluding tert-OH is 3. The van der Waals surface area contributed by atoms with E-state index in [1.54, 1.807) is 30.5 Å². The van der Waals surface area contributed by atoms with Crippen molar-refractivity contribution in [2.45, 2.75) is 31.3 Å². The van der Waals surface area contributed by atoms with E-state index in [4.69, 9.17) is 9.47 Å². The zero-order valence-corrected chi connectivity index (χ0v) is 18.4. The molecule has 34 heavy (non-hydrogen) atoms. The Morgan fingerprint density at radius 1 is 1.21 bits per heavy atom. The van der Waals surface area contributed by atoms with Crippen molar-refractivity contribution in [3.63, 3.8) is 0 Å². The summed E-state index contributed by atoms with van der Waals surface area (Å²) in [7, 11) is 0. The summed E-state index contributed by atoms with van der Waals surface area (Å²) in [6.45, 7) is 1.62. The number of hydrogen-bond donors (Lipinski definition) is 3. The summed E-state index contributed by atoms with van der Waals surface area (Å²) in [5.74, 6) is 4.70. The van der Waals surface area contributed by atoms with Crippen LogP contribution in [-0.4, -0.2) is 56.9 Å². The van der Waals surface area contributed by atoms with Gasteiger partial charge in [0.05, 0.1) is 25.4 Å². The van der Waals surface area contributed by atoms with E-state index in [2.05, 4.69) is 16.8 Å². The predicted octanol–water partition coefficient (Wildman–Crippen LogP) is 2.61. The highest BCUT2D eigenvalue weighted by molar-refractivity contribution is 5.66. The van der Waals surface area contributed by atoms with Crippen LogP contribution in [0.3, 0.4) is 0 Å². The molecule has 2 aromatic carbocycles. The number of ether oxygens (including phenoxy) is 2. The first-order chi connectivity index (χ1) is 16.4. The van der Waals surface area contributed by atoms with E-state index in [0.29, 0.717) is 17.1 Å². The van der Waals surface area contributed by atoms with Gasteiger partial charge in [-0.05, 0) is 36.8 Å². The van der Waals surface area contributed by atoms with Gasteiger partial charge in [-0.15, -0.1) is 0 Å². The molecule has 9 heteroatoms. The second-order valence-electron chi connectivity index (χ2n) is 7.93. The fourth-order valence-corrected chi connectivity index (χ4v) is 3.66. The van der Waals surface area contributed by atoms with Gasteiger partial charge in [0, 0.05) is 18.0 Å². The first-order valence-electron chi connectivity index (χ1n) is 10.7. The summed E-state index contributed by atoms with van der Waals surface area (Å²) < 4.78 is 41.9. The Balaban J connectivity index is 1.54. The largest absolute Gasteiger partial charge is 0.485 e. The van der Waals surface area contributed by atoms with E-state index < -0.39 is 42.6 Å². The van der Waals surface area contributed by atoms with E-state index in [-0.39, 0.29) is 24.3 Å². The van der Waals surface area contributed by atoms with Crippen molar-refractivity contribution in [1.82, 2.24) is 9.55 Å². The number of aliphatic hydroxyl groups is 3. The second kappa shape index (κ2) is 10.3. The van der Waals surface area contributed by atoms with Crippen molar-refractivity contribution in [2.75, 3.05) is 19.8 Å². The van der Waals surface area contributed by atoms with Crippen molar-refractivity contribution in [3.8, 4) is 28.7 Å². The molecule has 4 rings (SSSR count). The normalized spacial score (nSPS) is 19.4. The highest BCUT2D eigenvalue weighted by atomic mass is 19.1. The third-order valence-corrected chi connectivity index (χ3v) is 5.46. The van der Waals surface area contributed by atoms with E-state index in [1.807, 2.05) is 0 Å². The number of aromatic nitrogens is 2. The highest BCUT2D eigenvalue weighted by Gasteiger charge is 2.28. The van der Waals surface area contributed by atoms with Crippen LogP contribution in [0, 0.1) is 23.5 Å². The molecule has 3 aromatic rings. The number of rotatable bonds is 6. The molecule has 1 aliphatic heterocycles. The lowest BCUT2D eigenvalue weighted by atomic mass is 10.0. The van der Waals surface area contributed by atoms with E-state index >= 15 is 0 Å². The summed E-state index contributed by atoms with van der Waals surface area (Å²) in [5.41, 5.74) is 0.344. The first-order valence-corrected chi connectivity index (χ1v) is 10.7. The SMILES string of the molecule is CC(O)c1nccn1C(C#Cc1cc(F)c(-c2ccc(OC3COCC3O)cc2)cc1F)CO. The molecule has 0 radical (unpaired) electrons. The molecule has 0 saturated carbocycles. The molecule has 0 spiro atoms. The molecule has 3 N–H and O–H groups in total.